The highest BCUT2D eigenvalue weighted by Crippen LogP contribution is 2.30. The number of unbranched alkanes of at least 4 members (excludes halogenated alkanes) is 4. The van der Waals surface area contributed by atoms with Gasteiger partial charge in [-0.05, 0) is 24.6 Å². The minimum atomic E-state index is -2.48. The van der Waals surface area contributed by atoms with E-state index in [4.69, 9.17) is 4.74 Å². The molecule has 0 aliphatic rings. The van der Waals surface area contributed by atoms with Gasteiger partial charge in [-0.1, -0.05) is 48.5 Å². The molecule has 0 spiro atoms. The zero-order valence-corrected chi connectivity index (χ0v) is 12.2. The fraction of sp³-hybridized carbons (Fsp3) is 0.571. The highest BCUT2D eigenvalue weighted by molar-refractivity contribution is 9.10. The quantitative estimate of drug-likeness (QED) is 0.555. The third kappa shape index (κ3) is 5.34. The molecule has 0 bridgehead atoms. The molecule has 4 heteroatoms. The van der Waals surface area contributed by atoms with Crippen LogP contribution >= 0.6 is 15.9 Å². The SMILES string of the molecule is CCCCCCCOc1ccc(Br)c(C(F)F)c1. The average Bonchev–Trinajstić information content (AvgIpc) is 2.35. The van der Waals surface area contributed by atoms with Crippen LogP contribution in [0, 0.1) is 0 Å². The van der Waals surface area contributed by atoms with E-state index in [-0.39, 0.29) is 5.56 Å². The van der Waals surface area contributed by atoms with Crippen molar-refractivity contribution in [3.63, 3.8) is 0 Å². The Morgan fingerprint density at radius 3 is 2.56 bits per heavy atom. The van der Waals surface area contributed by atoms with Crippen LogP contribution < -0.4 is 4.74 Å². The van der Waals surface area contributed by atoms with Crippen molar-refractivity contribution in [3.05, 3.63) is 28.2 Å². The number of alkyl halides is 2. The van der Waals surface area contributed by atoms with E-state index in [1.165, 1.54) is 25.3 Å². The van der Waals surface area contributed by atoms with Crippen LogP contribution in [-0.2, 0) is 0 Å². The Labute approximate surface area is 116 Å². The van der Waals surface area contributed by atoms with E-state index in [1.807, 2.05) is 0 Å². The third-order valence-corrected chi connectivity index (χ3v) is 3.44. The third-order valence-electron chi connectivity index (χ3n) is 2.72. The van der Waals surface area contributed by atoms with Crippen molar-refractivity contribution in [3.8, 4) is 5.75 Å². The van der Waals surface area contributed by atoms with E-state index in [0.717, 1.165) is 12.8 Å². The topological polar surface area (TPSA) is 9.23 Å². The lowest BCUT2D eigenvalue weighted by Gasteiger charge is -2.09. The molecule has 0 saturated carbocycles. The molecule has 0 amide bonds. The lowest BCUT2D eigenvalue weighted by atomic mass is 10.2. The Morgan fingerprint density at radius 1 is 1.17 bits per heavy atom. The fourth-order valence-corrected chi connectivity index (χ4v) is 2.09. The molecule has 1 rings (SSSR count). The molecular formula is C14H19BrF2O. The summed E-state index contributed by atoms with van der Waals surface area (Å²) < 4.78 is 31.2. The highest BCUT2D eigenvalue weighted by atomic mass is 79.9. The van der Waals surface area contributed by atoms with Gasteiger partial charge >= 0.3 is 0 Å². The van der Waals surface area contributed by atoms with Crippen molar-refractivity contribution in [2.24, 2.45) is 0 Å². The summed E-state index contributed by atoms with van der Waals surface area (Å²) in [5, 5.41) is 0. The van der Waals surface area contributed by atoms with Crippen LogP contribution in [0.3, 0.4) is 0 Å². The molecule has 0 aromatic heterocycles. The lowest BCUT2D eigenvalue weighted by Crippen LogP contribution is -1.98. The van der Waals surface area contributed by atoms with Gasteiger partial charge in [0.2, 0.25) is 0 Å². The molecule has 18 heavy (non-hydrogen) atoms. The zero-order chi connectivity index (χ0) is 13.4. The van der Waals surface area contributed by atoms with Crippen molar-refractivity contribution >= 4 is 15.9 Å². The average molecular weight is 321 g/mol. The monoisotopic (exact) mass is 320 g/mol. The van der Waals surface area contributed by atoms with Gasteiger partial charge in [-0.15, -0.1) is 0 Å². The number of hydrogen-bond donors (Lipinski definition) is 0. The first-order valence-electron chi connectivity index (χ1n) is 6.35. The first-order chi connectivity index (χ1) is 8.65. The largest absolute Gasteiger partial charge is 0.494 e. The van der Waals surface area contributed by atoms with Gasteiger partial charge in [0.1, 0.15) is 5.75 Å². The van der Waals surface area contributed by atoms with Crippen molar-refractivity contribution in [1.29, 1.82) is 0 Å². The number of benzene rings is 1. The van der Waals surface area contributed by atoms with Crippen LogP contribution in [0.5, 0.6) is 5.75 Å². The summed E-state index contributed by atoms with van der Waals surface area (Å²) in [4.78, 5) is 0. The smallest absolute Gasteiger partial charge is 0.265 e. The van der Waals surface area contributed by atoms with Gasteiger partial charge in [0, 0.05) is 10.0 Å². The van der Waals surface area contributed by atoms with Crippen molar-refractivity contribution in [2.75, 3.05) is 6.61 Å². The number of halogens is 3. The summed E-state index contributed by atoms with van der Waals surface area (Å²) >= 11 is 3.11. The molecule has 1 aromatic carbocycles. The normalized spacial score (nSPS) is 10.9. The second kappa shape index (κ2) is 8.46. The van der Waals surface area contributed by atoms with Crippen molar-refractivity contribution in [2.45, 2.75) is 45.5 Å². The minimum absolute atomic E-state index is 0.0153. The van der Waals surface area contributed by atoms with E-state index < -0.39 is 6.43 Å². The summed E-state index contributed by atoms with van der Waals surface area (Å²) in [5.74, 6) is 0.518. The summed E-state index contributed by atoms with van der Waals surface area (Å²) in [6.45, 7) is 2.76. The Hall–Kier alpha value is -0.640. The molecule has 0 N–H and O–H groups in total. The molecule has 0 atom stereocenters. The zero-order valence-electron chi connectivity index (χ0n) is 10.6. The van der Waals surface area contributed by atoms with E-state index in [9.17, 15) is 8.78 Å². The molecule has 0 saturated heterocycles. The van der Waals surface area contributed by atoms with E-state index >= 15 is 0 Å². The minimum Gasteiger partial charge on any atom is -0.494 e. The van der Waals surface area contributed by atoms with Crippen molar-refractivity contribution in [1.82, 2.24) is 0 Å². The Morgan fingerprint density at radius 2 is 1.89 bits per heavy atom. The predicted octanol–water partition coefficient (Wildman–Crippen LogP) is 5.74. The second-order valence-corrected chi connectivity index (χ2v) is 5.10. The van der Waals surface area contributed by atoms with Crippen LogP contribution in [0.25, 0.3) is 0 Å². The maximum Gasteiger partial charge on any atom is 0.265 e. The van der Waals surface area contributed by atoms with Gasteiger partial charge < -0.3 is 4.74 Å². The number of rotatable bonds is 8. The molecule has 1 aromatic rings. The van der Waals surface area contributed by atoms with Gasteiger partial charge in [-0.25, -0.2) is 8.78 Å². The highest BCUT2D eigenvalue weighted by Gasteiger charge is 2.12. The maximum absolute atomic E-state index is 12.7. The van der Waals surface area contributed by atoms with Gasteiger partial charge in [-0.3, -0.25) is 0 Å². The summed E-state index contributed by atoms with van der Waals surface area (Å²) in [7, 11) is 0. The fourth-order valence-electron chi connectivity index (χ4n) is 1.67. The van der Waals surface area contributed by atoms with Crippen LogP contribution in [0.15, 0.2) is 22.7 Å². The number of ether oxygens (including phenoxy) is 1. The van der Waals surface area contributed by atoms with E-state index in [2.05, 4.69) is 22.9 Å². The van der Waals surface area contributed by atoms with Gasteiger partial charge in [-0.2, -0.15) is 0 Å². The Balaban J connectivity index is 2.36. The summed E-state index contributed by atoms with van der Waals surface area (Å²) in [6, 6.07) is 4.72. The van der Waals surface area contributed by atoms with Gasteiger partial charge in [0.25, 0.3) is 6.43 Å². The summed E-state index contributed by atoms with van der Waals surface area (Å²) in [5.41, 5.74) is -0.0153. The van der Waals surface area contributed by atoms with E-state index in [0.29, 0.717) is 16.8 Å². The summed E-state index contributed by atoms with van der Waals surface area (Å²) in [6.07, 6.45) is 3.29. The molecule has 0 radical (unpaired) electrons. The Bertz CT molecular complexity index is 356. The predicted molar refractivity (Wildman–Crippen MR) is 73.4 cm³/mol. The molecular weight excluding hydrogens is 302 g/mol. The molecule has 0 aliphatic carbocycles. The standard InChI is InChI=1S/C14H19BrF2O/c1-2-3-4-5-6-9-18-11-7-8-13(15)12(10-11)14(16)17/h7-8,10,14H,2-6,9H2,1H3. The molecule has 0 fully saturated rings. The lowest BCUT2D eigenvalue weighted by molar-refractivity contribution is 0.150. The first-order valence-corrected chi connectivity index (χ1v) is 7.15. The second-order valence-electron chi connectivity index (χ2n) is 4.25. The molecule has 0 aliphatic heterocycles. The van der Waals surface area contributed by atoms with Crippen LogP contribution in [0.1, 0.15) is 51.0 Å². The molecule has 1 nitrogen and oxygen atoms in total. The molecule has 102 valence electrons. The van der Waals surface area contributed by atoms with Gasteiger partial charge in [0.15, 0.2) is 0 Å². The van der Waals surface area contributed by atoms with Gasteiger partial charge in [0.05, 0.1) is 6.61 Å². The van der Waals surface area contributed by atoms with Crippen LogP contribution in [0.2, 0.25) is 0 Å². The van der Waals surface area contributed by atoms with Crippen LogP contribution in [-0.4, -0.2) is 6.61 Å². The van der Waals surface area contributed by atoms with E-state index in [1.54, 1.807) is 12.1 Å². The molecule has 0 heterocycles. The maximum atomic E-state index is 12.7. The van der Waals surface area contributed by atoms with Crippen molar-refractivity contribution < 1.29 is 13.5 Å². The Kier molecular flexibility index (Phi) is 7.25. The molecule has 0 unspecified atom stereocenters. The van der Waals surface area contributed by atoms with Crippen LogP contribution in [0.4, 0.5) is 8.78 Å². The first kappa shape index (κ1) is 15.4. The number of hydrogen-bond acceptors (Lipinski definition) is 1.